The second kappa shape index (κ2) is 4.63. The van der Waals surface area contributed by atoms with E-state index >= 15 is 0 Å². The molecule has 2 aliphatic rings. The van der Waals surface area contributed by atoms with Gasteiger partial charge in [-0.15, -0.1) is 0 Å². The van der Waals surface area contributed by atoms with E-state index < -0.39 is 0 Å². The Morgan fingerprint density at radius 2 is 2.25 bits per heavy atom. The fraction of sp³-hybridized carbons (Fsp3) is 1.00. The zero-order chi connectivity index (χ0) is 11.6. The minimum absolute atomic E-state index is 0.0171. The SMILES string of the molecule is CC1CCCC(N)(CNC2(C)CCOC2)C1. The van der Waals surface area contributed by atoms with E-state index in [1.165, 1.54) is 19.3 Å². The largest absolute Gasteiger partial charge is 0.379 e. The lowest BCUT2D eigenvalue weighted by Gasteiger charge is -2.39. The highest BCUT2D eigenvalue weighted by Crippen LogP contribution is 2.30. The van der Waals surface area contributed by atoms with E-state index in [0.29, 0.717) is 0 Å². The van der Waals surface area contributed by atoms with E-state index in [0.717, 1.165) is 38.5 Å². The first-order chi connectivity index (χ1) is 7.52. The summed E-state index contributed by atoms with van der Waals surface area (Å²) in [5.41, 5.74) is 6.66. The predicted octanol–water partition coefficient (Wildman–Crippen LogP) is 1.66. The standard InChI is InChI=1S/C13H26N2O/c1-11-4-3-5-13(14,8-11)9-15-12(2)6-7-16-10-12/h11,15H,3-10,14H2,1-2H3. The van der Waals surface area contributed by atoms with Crippen molar-refractivity contribution in [1.82, 2.24) is 5.32 Å². The summed E-state index contributed by atoms with van der Waals surface area (Å²) in [6.45, 7) is 7.23. The fourth-order valence-corrected chi connectivity index (χ4v) is 3.06. The van der Waals surface area contributed by atoms with Gasteiger partial charge in [0.15, 0.2) is 0 Å². The van der Waals surface area contributed by atoms with Crippen LogP contribution >= 0.6 is 0 Å². The summed E-state index contributed by atoms with van der Waals surface area (Å²) in [6, 6.07) is 0. The van der Waals surface area contributed by atoms with Crippen LogP contribution in [-0.2, 0) is 4.74 Å². The third-order valence-corrected chi connectivity index (χ3v) is 4.21. The van der Waals surface area contributed by atoms with Crippen LogP contribution in [0, 0.1) is 5.92 Å². The molecule has 1 aliphatic heterocycles. The Morgan fingerprint density at radius 1 is 1.44 bits per heavy atom. The number of nitrogens with one attached hydrogen (secondary N) is 1. The van der Waals surface area contributed by atoms with Gasteiger partial charge in [-0.25, -0.2) is 0 Å². The molecular weight excluding hydrogens is 200 g/mol. The Balaban J connectivity index is 1.83. The molecule has 3 atom stereocenters. The van der Waals surface area contributed by atoms with Crippen LogP contribution in [0.5, 0.6) is 0 Å². The second-order valence-corrected chi connectivity index (χ2v) is 6.28. The molecule has 94 valence electrons. The van der Waals surface area contributed by atoms with Crippen molar-refractivity contribution in [3.63, 3.8) is 0 Å². The molecule has 16 heavy (non-hydrogen) atoms. The van der Waals surface area contributed by atoms with Crippen molar-refractivity contribution in [1.29, 1.82) is 0 Å². The average molecular weight is 226 g/mol. The van der Waals surface area contributed by atoms with Gasteiger partial charge in [-0.2, -0.15) is 0 Å². The van der Waals surface area contributed by atoms with Crippen molar-refractivity contribution in [3.8, 4) is 0 Å². The molecule has 0 bridgehead atoms. The van der Waals surface area contributed by atoms with Crippen molar-refractivity contribution in [3.05, 3.63) is 0 Å². The van der Waals surface area contributed by atoms with Gasteiger partial charge in [-0.05, 0) is 32.1 Å². The van der Waals surface area contributed by atoms with E-state index in [4.69, 9.17) is 10.5 Å². The van der Waals surface area contributed by atoms with Crippen molar-refractivity contribution >= 4 is 0 Å². The van der Waals surface area contributed by atoms with Gasteiger partial charge >= 0.3 is 0 Å². The lowest BCUT2D eigenvalue weighted by atomic mass is 9.76. The highest BCUT2D eigenvalue weighted by molar-refractivity contribution is 4.96. The quantitative estimate of drug-likeness (QED) is 0.769. The molecule has 3 heteroatoms. The first-order valence-electron chi connectivity index (χ1n) is 6.63. The van der Waals surface area contributed by atoms with E-state index in [2.05, 4.69) is 19.2 Å². The summed E-state index contributed by atoms with van der Waals surface area (Å²) in [4.78, 5) is 0. The summed E-state index contributed by atoms with van der Waals surface area (Å²) in [5, 5.41) is 3.64. The van der Waals surface area contributed by atoms with Crippen molar-refractivity contribution in [2.45, 2.75) is 57.0 Å². The zero-order valence-electron chi connectivity index (χ0n) is 10.7. The van der Waals surface area contributed by atoms with Gasteiger partial charge in [0.1, 0.15) is 0 Å². The van der Waals surface area contributed by atoms with E-state index in [9.17, 15) is 0 Å². The molecular formula is C13H26N2O. The number of hydrogen-bond acceptors (Lipinski definition) is 3. The third kappa shape index (κ3) is 2.96. The van der Waals surface area contributed by atoms with Crippen LogP contribution in [0.2, 0.25) is 0 Å². The monoisotopic (exact) mass is 226 g/mol. The topological polar surface area (TPSA) is 47.3 Å². The molecule has 0 aromatic heterocycles. The first kappa shape index (κ1) is 12.3. The van der Waals surface area contributed by atoms with Crippen LogP contribution in [0.3, 0.4) is 0 Å². The first-order valence-corrected chi connectivity index (χ1v) is 6.63. The molecule has 3 N–H and O–H groups in total. The summed E-state index contributed by atoms with van der Waals surface area (Å²) >= 11 is 0. The Hall–Kier alpha value is -0.120. The molecule has 3 nitrogen and oxygen atoms in total. The van der Waals surface area contributed by atoms with Crippen molar-refractivity contribution < 1.29 is 4.74 Å². The predicted molar refractivity (Wildman–Crippen MR) is 66.4 cm³/mol. The molecule has 0 aromatic rings. The number of rotatable bonds is 3. The number of hydrogen-bond donors (Lipinski definition) is 2. The van der Waals surface area contributed by atoms with Crippen LogP contribution in [0.1, 0.15) is 46.0 Å². The van der Waals surface area contributed by atoms with Gasteiger partial charge in [0, 0.05) is 24.2 Å². The molecule has 1 aliphatic carbocycles. The highest BCUT2D eigenvalue weighted by Gasteiger charge is 2.35. The second-order valence-electron chi connectivity index (χ2n) is 6.28. The van der Waals surface area contributed by atoms with Gasteiger partial charge in [0.2, 0.25) is 0 Å². The van der Waals surface area contributed by atoms with Gasteiger partial charge < -0.3 is 15.8 Å². The summed E-state index contributed by atoms with van der Waals surface area (Å²) in [7, 11) is 0. The summed E-state index contributed by atoms with van der Waals surface area (Å²) in [6.07, 6.45) is 6.07. The number of nitrogens with two attached hydrogens (primary N) is 1. The maximum atomic E-state index is 6.48. The Bertz CT molecular complexity index is 238. The molecule has 0 radical (unpaired) electrons. The van der Waals surface area contributed by atoms with Gasteiger partial charge in [0.05, 0.1) is 6.61 Å². The molecule has 0 aromatic carbocycles. The van der Waals surface area contributed by atoms with Gasteiger partial charge in [-0.3, -0.25) is 0 Å². The summed E-state index contributed by atoms with van der Waals surface area (Å²) < 4.78 is 5.45. The molecule has 0 spiro atoms. The van der Waals surface area contributed by atoms with Crippen LogP contribution in [0.15, 0.2) is 0 Å². The molecule has 1 heterocycles. The van der Waals surface area contributed by atoms with E-state index in [1.54, 1.807) is 0 Å². The maximum Gasteiger partial charge on any atom is 0.0646 e. The smallest absolute Gasteiger partial charge is 0.0646 e. The van der Waals surface area contributed by atoms with Crippen LogP contribution in [0.4, 0.5) is 0 Å². The highest BCUT2D eigenvalue weighted by atomic mass is 16.5. The maximum absolute atomic E-state index is 6.48. The van der Waals surface area contributed by atoms with Crippen LogP contribution in [0.25, 0.3) is 0 Å². The molecule has 2 fully saturated rings. The van der Waals surface area contributed by atoms with E-state index in [-0.39, 0.29) is 11.1 Å². The summed E-state index contributed by atoms with van der Waals surface area (Å²) in [5.74, 6) is 0.785. The van der Waals surface area contributed by atoms with Crippen LogP contribution in [-0.4, -0.2) is 30.8 Å². The van der Waals surface area contributed by atoms with E-state index in [1.807, 2.05) is 0 Å². The minimum Gasteiger partial charge on any atom is -0.379 e. The molecule has 3 unspecified atom stereocenters. The Labute approximate surface area is 99.1 Å². The lowest BCUT2D eigenvalue weighted by Crippen LogP contribution is -2.56. The van der Waals surface area contributed by atoms with Crippen LogP contribution < -0.4 is 11.1 Å². The Morgan fingerprint density at radius 3 is 2.88 bits per heavy atom. The molecule has 1 saturated carbocycles. The number of ether oxygens (including phenoxy) is 1. The van der Waals surface area contributed by atoms with Crippen molar-refractivity contribution in [2.24, 2.45) is 11.7 Å². The Kier molecular flexibility index (Phi) is 3.57. The lowest BCUT2D eigenvalue weighted by molar-refractivity contribution is 0.160. The molecule has 1 saturated heterocycles. The van der Waals surface area contributed by atoms with Crippen molar-refractivity contribution in [2.75, 3.05) is 19.8 Å². The minimum atomic E-state index is 0.0171. The normalized spacial score (nSPS) is 44.8. The average Bonchev–Trinajstić information content (AvgIpc) is 2.63. The molecule has 0 amide bonds. The van der Waals surface area contributed by atoms with Gasteiger partial charge in [0.25, 0.3) is 0 Å². The fourth-order valence-electron chi connectivity index (χ4n) is 3.06. The zero-order valence-corrected chi connectivity index (χ0v) is 10.7. The third-order valence-electron chi connectivity index (χ3n) is 4.21. The van der Waals surface area contributed by atoms with Gasteiger partial charge in [-0.1, -0.05) is 19.8 Å². The molecule has 2 rings (SSSR count).